The number of allylic oxidation sites excluding steroid dienone is 4. The van der Waals surface area contributed by atoms with E-state index in [9.17, 15) is 0 Å². The highest BCUT2D eigenvalue weighted by atomic mass is 16.3. The van der Waals surface area contributed by atoms with Crippen molar-refractivity contribution < 1.29 is 4.42 Å². The van der Waals surface area contributed by atoms with Crippen LogP contribution in [-0.4, -0.2) is 4.98 Å². The molecule has 0 saturated carbocycles. The molecular formula is C39H30N2O. The van der Waals surface area contributed by atoms with E-state index in [1.54, 1.807) is 0 Å². The maximum Gasteiger partial charge on any atom is 0.227 e. The molecule has 9 rings (SSSR count). The average Bonchev–Trinajstić information content (AvgIpc) is 3.53. The number of rotatable bonds is 3. The zero-order valence-electron chi connectivity index (χ0n) is 23.7. The highest BCUT2D eigenvalue weighted by molar-refractivity contribution is 6.05. The molecule has 0 amide bonds. The van der Waals surface area contributed by atoms with Crippen LogP contribution in [0.4, 0.5) is 5.69 Å². The SMILES string of the molecule is CC1(C)c2cc(-c3ccc(-c4ccc5oc(-c6ccc7c(c6)CN7)nc5c4)c4ccccc34)ccc2C2C=CC=CC21. The van der Waals surface area contributed by atoms with E-state index in [-0.39, 0.29) is 5.41 Å². The van der Waals surface area contributed by atoms with E-state index in [4.69, 9.17) is 9.40 Å². The number of hydrogen-bond donors (Lipinski definition) is 1. The molecule has 0 bridgehead atoms. The summed E-state index contributed by atoms with van der Waals surface area (Å²) in [5.41, 5.74) is 13.1. The normalized spacial score (nSPS) is 19.3. The molecule has 0 fully saturated rings. The van der Waals surface area contributed by atoms with Crippen LogP contribution in [0.25, 0.3) is 55.6 Å². The third-order valence-corrected chi connectivity index (χ3v) is 9.83. The summed E-state index contributed by atoms with van der Waals surface area (Å²) in [4.78, 5) is 4.89. The van der Waals surface area contributed by atoms with Crippen molar-refractivity contribution in [1.82, 2.24) is 4.98 Å². The van der Waals surface area contributed by atoms with Crippen LogP contribution in [0.3, 0.4) is 0 Å². The molecule has 2 atom stereocenters. The van der Waals surface area contributed by atoms with Crippen LogP contribution in [0.15, 0.2) is 120 Å². The summed E-state index contributed by atoms with van der Waals surface area (Å²) in [6, 6.07) is 33.2. The summed E-state index contributed by atoms with van der Waals surface area (Å²) < 4.78 is 6.18. The van der Waals surface area contributed by atoms with Crippen LogP contribution in [-0.2, 0) is 12.0 Å². The Kier molecular flexibility index (Phi) is 4.85. The Bertz CT molecular complexity index is 2140. The summed E-state index contributed by atoms with van der Waals surface area (Å²) in [6.07, 6.45) is 9.18. The Hall–Kier alpha value is -4.89. The second-order valence-corrected chi connectivity index (χ2v) is 12.5. The van der Waals surface area contributed by atoms with Gasteiger partial charge in [0.2, 0.25) is 5.89 Å². The Morgan fingerprint density at radius 2 is 1.50 bits per heavy atom. The number of oxazole rings is 1. The van der Waals surface area contributed by atoms with Crippen molar-refractivity contribution in [3.05, 3.63) is 132 Å². The second kappa shape index (κ2) is 8.56. The standard InChI is InChI=1S/C39H30N2O/c1-39(2)33-10-6-5-9-31(33)32-14-11-23(20-34(32)39)27-15-16-28(30-8-4-3-7-29(27)30)24-13-18-37-36(21-24)41-38(42-37)25-12-17-35-26(19-25)22-40-35/h3-21,31,33,40H,22H2,1-2H3. The molecule has 0 radical (unpaired) electrons. The van der Waals surface area contributed by atoms with Gasteiger partial charge >= 0.3 is 0 Å². The number of hydrogen-bond acceptors (Lipinski definition) is 3. The van der Waals surface area contributed by atoms with Gasteiger partial charge in [-0.3, -0.25) is 0 Å². The molecule has 3 aliphatic rings. The van der Waals surface area contributed by atoms with Crippen molar-refractivity contribution in [2.24, 2.45) is 5.92 Å². The molecule has 2 aliphatic carbocycles. The second-order valence-electron chi connectivity index (χ2n) is 12.5. The summed E-state index contributed by atoms with van der Waals surface area (Å²) >= 11 is 0. The fraction of sp³-hybridized carbons (Fsp3) is 0.154. The van der Waals surface area contributed by atoms with Crippen molar-refractivity contribution >= 4 is 27.6 Å². The number of fused-ring (bicyclic) bond motifs is 6. The number of nitrogens with one attached hydrogen (secondary N) is 1. The Morgan fingerprint density at radius 3 is 2.26 bits per heavy atom. The molecule has 6 aromatic rings. The lowest BCUT2D eigenvalue weighted by molar-refractivity contribution is 0.394. The topological polar surface area (TPSA) is 38.1 Å². The minimum absolute atomic E-state index is 0.0936. The molecule has 202 valence electrons. The summed E-state index contributed by atoms with van der Waals surface area (Å²) in [5, 5.41) is 5.82. The van der Waals surface area contributed by atoms with Crippen LogP contribution in [0.2, 0.25) is 0 Å². The number of benzene rings is 5. The zero-order valence-corrected chi connectivity index (χ0v) is 23.7. The number of nitrogens with zero attached hydrogens (tertiary/aromatic N) is 1. The first-order valence-electron chi connectivity index (χ1n) is 14.8. The molecule has 0 spiro atoms. The zero-order chi connectivity index (χ0) is 28.0. The largest absolute Gasteiger partial charge is 0.436 e. The van der Waals surface area contributed by atoms with Crippen molar-refractivity contribution in [2.45, 2.75) is 31.7 Å². The number of aromatic nitrogens is 1. The molecule has 5 aromatic carbocycles. The quantitative estimate of drug-likeness (QED) is 0.242. The summed E-state index contributed by atoms with van der Waals surface area (Å²) in [7, 11) is 0. The molecule has 1 aromatic heterocycles. The summed E-state index contributed by atoms with van der Waals surface area (Å²) in [6.45, 7) is 5.70. The minimum Gasteiger partial charge on any atom is -0.436 e. The fourth-order valence-corrected chi connectivity index (χ4v) is 7.50. The first-order chi connectivity index (χ1) is 20.5. The Balaban J connectivity index is 1.13. The van der Waals surface area contributed by atoms with Gasteiger partial charge in [0.1, 0.15) is 5.52 Å². The van der Waals surface area contributed by atoms with Crippen LogP contribution in [0.5, 0.6) is 0 Å². The van der Waals surface area contributed by atoms with Crippen LogP contribution in [0.1, 0.15) is 36.5 Å². The third kappa shape index (κ3) is 3.37. The van der Waals surface area contributed by atoms with Gasteiger partial charge < -0.3 is 9.73 Å². The van der Waals surface area contributed by atoms with E-state index in [1.165, 1.54) is 49.8 Å². The van der Waals surface area contributed by atoms with Gasteiger partial charge in [-0.25, -0.2) is 4.98 Å². The molecule has 2 heterocycles. The number of anilines is 1. The maximum atomic E-state index is 6.18. The van der Waals surface area contributed by atoms with Crippen LogP contribution >= 0.6 is 0 Å². The lowest BCUT2D eigenvalue weighted by Crippen LogP contribution is -2.24. The monoisotopic (exact) mass is 542 g/mol. The minimum atomic E-state index is 0.0936. The van der Waals surface area contributed by atoms with E-state index >= 15 is 0 Å². The van der Waals surface area contributed by atoms with Crippen molar-refractivity contribution in [2.75, 3.05) is 5.32 Å². The first-order valence-corrected chi connectivity index (χ1v) is 14.8. The Labute approximate surface area is 245 Å². The van der Waals surface area contributed by atoms with Gasteiger partial charge in [0, 0.05) is 23.7 Å². The van der Waals surface area contributed by atoms with Crippen LogP contribution < -0.4 is 5.32 Å². The fourth-order valence-electron chi connectivity index (χ4n) is 7.50. The smallest absolute Gasteiger partial charge is 0.227 e. The highest BCUT2D eigenvalue weighted by Gasteiger charge is 2.44. The van der Waals surface area contributed by atoms with E-state index in [2.05, 4.69) is 134 Å². The highest BCUT2D eigenvalue weighted by Crippen LogP contribution is 2.53. The maximum absolute atomic E-state index is 6.18. The molecule has 1 N–H and O–H groups in total. The van der Waals surface area contributed by atoms with Gasteiger partial charge in [-0.05, 0) is 91.4 Å². The van der Waals surface area contributed by atoms with E-state index < -0.39 is 0 Å². The molecule has 0 saturated heterocycles. The van der Waals surface area contributed by atoms with Gasteiger partial charge in [0.05, 0.1) is 0 Å². The molecular weight excluding hydrogens is 512 g/mol. The predicted molar refractivity (Wildman–Crippen MR) is 173 cm³/mol. The molecule has 3 nitrogen and oxygen atoms in total. The average molecular weight is 543 g/mol. The van der Waals surface area contributed by atoms with Crippen molar-refractivity contribution in [3.63, 3.8) is 0 Å². The van der Waals surface area contributed by atoms with Crippen molar-refractivity contribution in [1.29, 1.82) is 0 Å². The van der Waals surface area contributed by atoms with E-state index in [0.29, 0.717) is 17.7 Å². The molecule has 2 unspecified atom stereocenters. The molecule has 1 aliphatic heterocycles. The lowest BCUT2D eigenvalue weighted by atomic mass is 9.74. The Morgan fingerprint density at radius 1 is 0.762 bits per heavy atom. The lowest BCUT2D eigenvalue weighted by Gasteiger charge is -2.29. The van der Waals surface area contributed by atoms with E-state index in [0.717, 1.165) is 28.8 Å². The third-order valence-electron chi connectivity index (χ3n) is 9.83. The molecule has 3 heteroatoms. The van der Waals surface area contributed by atoms with Gasteiger partial charge in [0.15, 0.2) is 5.58 Å². The van der Waals surface area contributed by atoms with E-state index in [1.807, 2.05) is 0 Å². The van der Waals surface area contributed by atoms with Gasteiger partial charge in [0.25, 0.3) is 0 Å². The predicted octanol–water partition coefficient (Wildman–Crippen LogP) is 10.0. The molecule has 42 heavy (non-hydrogen) atoms. The van der Waals surface area contributed by atoms with Gasteiger partial charge in [-0.2, -0.15) is 0 Å². The van der Waals surface area contributed by atoms with Crippen LogP contribution in [0, 0.1) is 5.92 Å². The first kappa shape index (κ1) is 23.8. The summed E-state index contributed by atoms with van der Waals surface area (Å²) in [5.74, 6) is 1.65. The van der Waals surface area contributed by atoms with Gasteiger partial charge in [-0.15, -0.1) is 0 Å². The van der Waals surface area contributed by atoms with Crippen molar-refractivity contribution in [3.8, 4) is 33.7 Å². The van der Waals surface area contributed by atoms with Gasteiger partial charge in [-0.1, -0.05) is 98.8 Å².